The van der Waals surface area contributed by atoms with Crippen molar-refractivity contribution in [2.45, 2.75) is 26.8 Å². The Morgan fingerprint density at radius 2 is 2.05 bits per heavy atom. The summed E-state index contributed by atoms with van der Waals surface area (Å²) in [4.78, 5) is 12.4. The fourth-order valence-electron chi connectivity index (χ4n) is 1.96. The van der Waals surface area contributed by atoms with Crippen molar-refractivity contribution in [1.82, 2.24) is 4.57 Å². The molecule has 0 fully saturated rings. The largest absolute Gasteiger partial charge is 0.339 e. The molecule has 0 radical (unpaired) electrons. The predicted octanol–water partition coefficient (Wildman–Crippen LogP) is 5.05. The van der Waals surface area contributed by atoms with Crippen molar-refractivity contribution < 1.29 is 4.79 Å². The van der Waals surface area contributed by atoms with E-state index in [4.69, 9.17) is 11.6 Å². The van der Waals surface area contributed by atoms with Gasteiger partial charge in [-0.25, -0.2) is 0 Å². The van der Waals surface area contributed by atoms with Gasteiger partial charge >= 0.3 is 0 Å². The van der Waals surface area contributed by atoms with Gasteiger partial charge in [0.2, 0.25) is 0 Å². The maximum absolute atomic E-state index is 12.4. The van der Waals surface area contributed by atoms with Crippen molar-refractivity contribution in [2.75, 3.05) is 5.32 Å². The molecule has 5 heteroatoms. The number of anilines is 1. The van der Waals surface area contributed by atoms with Crippen LogP contribution >= 0.6 is 27.5 Å². The second-order valence-electron chi connectivity index (χ2n) is 4.98. The van der Waals surface area contributed by atoms with Gasteiger partial charge in [-0.2, -0.15) is 0 Å². The van der Waals surface area contributed by atoms with Crippen LogP contribution in [0.5, 0.6) is 0 Å². The van der Waals surface area contributed by atoms with Crippen LogP contribution in [-0.2, 0) is 0 Å². The second kappa shape index (κ2) is 6.02. The van der Waals surface area contributed by atoms with E-state index in [2.05, 4.69) is 21.2 Å². The number of rotatable bonds is 3. The smallest absolute Gasteiger partial charge is 0.272 e. The molecule has 0 saturated heterocycles. The summed E-state index contributed by atoms with van der Waals surface area (Å²) in [5.41, 5.74) is 2.43. The fraction of sp³-hybridized carbons (Fsp3) is 0.267. The maximum Gasteiger partial charge on any atom is 0.272 e. The molecule has 1 N–H and O–H groups in total. The summed E-state index contributed by atoms with van der Waals surface area (Å²) in [6.07, 6.45) is 1.77. The van der Waals surface area contributed by atoms with Gasteiger partial charge in [0.05, 0.1) is 10.7 Å². The number of carbonyl (C=O) groups is 1. The quantitative estimate of drug-likeness (QED) is 0.821. The average molecular weight is 356 g/mol. The van der Waals surface area contributed by atoms with Gasteiger partial charge in [0.25, 0.3) is 5.91 Å². The number of nitrogens with zero attached hydrogens (tertiary/aromatic N) is 1. The fourth-order valence-corrected chi connectivity index (χ4v) is 2.76. The van der Waals surface area contributed by atoms with Crippen LogP contribution in [0.4, 0.5) is 5.69 Å². The van der Waals surface area contributed by atoms with E-state index < -0.39 is 0 Å². The highest BCUT2D eigenvalue weighted by Crippen LogP contribution is 2.25. The van der Waals surface area contributed by atoms with Gasteiger partial charge in [0, 0.05) is 16.7 Å². The first-order valence-corrected chi connectivity index (χ1v) is 7.50. The molecular weight excluding hydrogens is 340 g/mol. The van der Waals surface area contributed by atoms with Gasteiger partial charge in [-0.1, -0.05) is 17.7 Å². The maximum atomic E-state index is 12.4. The van der Waals surface area contributed by atoms with Crippen molar-refractivity contribution >= 4 is 39.1 Å². The van der Waals surface area contributed by atoms with Crippen molar-refractivity contribution in [1.29, 1.82) is 0 Å². The van der Waals surface area contributed by atoms with Crippen LogP contribution in [0.15, 0.2) is 34.9 Å². The van der Waals surface area contributed by atoms with Gasteiger partial charge in [-0.15, -0.1) is 0 Å². The van der Waals surface area contributed by atoms with Crippen molar-refractivity contribution in [3.63, 3.8) is 0 Å². The highest BCUT2D eigenvalue weighted by atomic mass is 79.9. The molecule has 2 rings (SSSR count). The Labute approximate surface area is 132 Å². The molecule has 0 aliphatic rings. The van der Waals surface area contributed by atoms with Gasteiger partial charge in [-0.05, 0) is 60.5 Å². The first kappa shape index (κ1) is 15.1. The Hall–Kier alpha value is -1.26. The summed E-state index contributed by atoms with van der Waals surface area (Å²) in [5.74, 6) is -0.171. The molecule has 0 saturated carbocycles. The monoisotopic (exact) mass is 354 g/mol. The normalized spacial score (nSPS) is 10.9. The number of nitrogens with one attached hydrogen (secondary N) is 1. The lowest BCUT2D eigenvalue weighted by atomic mass is 10.2. The summed E-state index contributed by atoms with van der Waals surface area (Å²) in [6.45, 7) is 6.02. The van der Waals surface area contributed by atoms with Crippen molar-refractivity contribution in [3.05, 3.63) is 51.2 Å². The minimum Gasteiger partial charge on any atom is -0.339 e. The molecule has 2 aromatic rings. The van der Waals surface area contributed by atoms with E-state index in [1.165, 1.54) is 0 Å². The third-order valence-electron chi connectivity index (χ3n) is 2.98. The van der Waals surface area contributed by atoms with E-state index in [1.54, 1.807) is 12.3 Å². The molecule has 1 aromatic heterocycles. The van der Waals surface area contributed by atoms with Gasteiger partial charge in [0.1, 0.15) is 5.69 Å². The van der Waals surface area contributed by atoms with E-state index in [9.17, 15) is 4.79 Å². The minimum absolute atomic E-state index is 0.171. The summed E-state index contributed by atoms with van der Waals surface area (Å²) >= 11 is 9.45. The van der Waals surface area contributed by atoms with E-state index in [-0.39, 0.29) is 11.9 Å². The molecule has 0 aliphatic carbocycles. The SMILES string of the molecule is Cc1ccc(NC(=O)c2cc(Cl)cn2C(C)C)c(Br)c1. The van der Waals surface area contributed by atoms with E-state index >= 15 is 0 Å². The van der Waals surface area contributed by atoms with Gasteiger partial charge in [-0.3, -0.25) is 4.79 Å². The number of hydrogen-bond donors (Lipinski definition) is 1. The Morgan fingerprint density at radius 1 is 1.35 bits per heavy atom. The Bertz CT molecular complexity index is 649. The zero-order valence-corrected chi connectivity index (χ0v) is 13.9. The summed E-state index contributed by atoms with van der Waals surface area (Å²) < 4.78 is 2.72. The zero-order valence-electron chi connectivity index (χ0n) is 11.6. The zero-order chi connectivity index (χ0) is 14.9. The molecular formula is C15H16BrClN2O. The van der Waals surface area contributed by atoms with E-state index in [0.717, 1.165) is 15.7 Å². The molecule has 0 bridgehead atoms. The van der Waals surface area contributed by atoms with Crippen molar-refractivity contribution in [2.24, 2.45) is 0 Å². The van der Waals surface area contributed by atoms with Crippen LogP contribution < -0.4 is 5.32 Å². The van der Waals surface area contributed by atoms with Crippen molar-refractivity contribution in [3.8, 4) is 0 Å². The number of amides is 1. The van der Waals surface area contributed by atoms with Crippen LogP contribution in [0.2, 0.25) is 5.02 Å². The molecule has 1 aromatic carbocycles. The highest BCUT2D eigenvalue weighted by molar-refractivity contribution is 9.10. The summed E-state index contributed by atoms with van der Waals surface area (Å²) in [5, 5.41) is 3.46. The topological polar surface area (TPSA) is 34.0 Å². The molecule has 0 unspecified atom stereocenters. The lowest BCUT2D eigenvalue weighted by molar-refractivity contribution is 0.101. The van der Waals surface area contributed by atoms with E-state index in [1.807, 2.05) is 43.5 Å². The summed E-state index contributed by atoms with van der Waals surface area (Å²) in [6, 6.07) is 7.64. The average Bonchev–Trinajstić information content (AvgIpc) is 2.75. The first-order chi connectivity index (χ1) is 9.38. The molecule has 106 valence electrons. The molecule has 0 spiro atoms. The lowest BCUT2D eigenvalue weighted by Gasteiger charge is -2.13. The van der Waals surface area contributed by atoms with Crippen LogP contribution in [0.3, 0.4) is 0 Å². The number of hydrogen-bond acceptors (Lipinski definition) is 1. The third kappa shape index (κ3) is 3.25. The molecule has 1 amide bonds. The predicted molar refractivity (Wildman–Crippen MR) is 86.7 cm³/mol. The number of halogens is 2. The molecule has 0 atom stereocenters. The van der Waals surface area contributed by atoms with E-state index in [0.29, 0.717) is 10.7 Å². The number of carbonyl (C=O) groups excluding carboxylic acids is 1. The summed E-state index contributed by atoms with van der Waals surface area (Å²) in [7, 11) is 0. The molecule has 1 heterocycles. The van der Waals surface area contributed by atoms with Crippen LogP contribution in [0.25, 0.3) is 0 Å². The second-order valence-corrected chi connectivity index (χ2v) is 6.27. The van der Waals surface area contributed by atoms with Gasteiger partial charge in [0.15, 0.2) is 0 Å². The van der Waals surface area contributed by atoms with Gasteiger partial charge < -0.3 is 9.88 Å². The molecule has 0 aliphatic heterocycles. The first-order valence-electron chi connectivity index (χ1n) is 6.33. The Balaban J connectivity index is 2.28. The minimum atomic E-state index is -0.171. The highest BCUT2D eigenvalue weighted by Gasteiger charge is 2.16. The molecule has 20 heavy (non-hydrogen) atoms. The molecule has 3 nitrogen and oxygen atoms in total. The Kier molecular flexibility index (Phi) is 4.55. The third-order valence-corrected chi connectivity index (χ3v) is 3.84. The number of benzene rings is 1. The standard InChI is InChI=1S/C15H16BrClN2O/c1-9(2)19-8-11(17)7-14(19)15(20)18-13-5-4-10(3)6-12(13)16/h4-9H,1-3H3,(H,18,20). The number of aryl methyl sites for hydroxylation is 1. The van der Waals surface area contributed by atoms with Crippen LogP contribution in [-0.4, -0.2) is 10.5 Å². The van der Waals surface area contributed by atoms with Crippen LogP contribution in [0.1, 0.15) is 35.9 Å². The lowest BCUT2D eigenvalue weighted by Crippen LogP contribution is -2.18. The number of aromatic nitrogens is 1. The van der Waals surface area contributed by atoms with Crippen LogP contribution in [0, 0.1) is 6.92 Å². The Morgan fingerprint density at radius 3 is 2.65 bits per heavy atom.